The fourth-order valence-electron chi connectivity index (χ4n) is 1.65. The molecule has 0 fully saturated rings. The fourth-order valence-corrected chi connectivity index (χ4v) is 2.98. The maximum Gasteiger partial charge on any atom is 0.150 e. The van der Waals surface area contributed by atoms with Crippen LogP contribution in [0.15, 0.2) is 34.2 Å². The van der Waals surface area contributed by atoms with Crippen molar-refractivity contribution in [2.24, 2.45) is 0 Å². The first-order valence-electron chi connectivity index (χ1n) is 5.21. The molecule has 0 saturated carbocycles. The smallest absolute Gasteiger partial charge is 0.150 e. The number of carbonyl (C=O) groups is 1. The fraction of sp³-hybridized carbons (Fsp3) is 0.231. The van der Waals surface area contributed by atoms with Crippen LogP contribution >= 0.6 is 27.3 Å². The van der Waals surface area contributed by atoms with Crippen LogP contribution in [0.3, 0.4) is 0 Å². The SMILES string of the molecule is CC(C)(c1ccc(C=O)cc1)c1ncc(Br)s1. The van der Waals surface area contributed by atoms with Crippen molar-refractivity contribution in [3.05, 3.63) is 50.4 Å². The summed E-state index contributed by atoms with van der Waals surface area (Å²) in [4.78, 5) is 15.0. The molecule has 17 heavy (non-hydrogen) atoms. The predicted molar refractivity (Wildman–Crippen MR) is 73.8 cm³/mol. The normalized spacial score (nSPS) is 11.5. The van der Waals surface area contributed by atoms with E-state index in [1.165, 1.54) is 0 Å². The molecular formula is C13H12BrNOS. The van der Waals surface area contributed by atoms with Gasteiger partial charge in [-0.05, 0) is 35.3 Å². The van der Waals surface area contributed by atoms with Gasteiger partial charge in [-0.2, -0.15) is 0 Å². The molecule has 0 N–H and O–H groups in total. The van der Waals surface area contributed by atoms with Gasteiger partial charge in [0, 0.05) is 11.0 Å². The third kappa shape index (κ3) is 2.48. The van der Waals surface area contributed by atoms with Gasteiger partial charge in [-0.25, -0.2) is 4.98 Å². The zero-order chi connectivity index (χ0) is 12.5. The Balaban J connectivity index is 2.39. The van der Waals surface area contributed by atoms with Crippen LogP contribution in [0.5, 0.6) is 0 Å². The highest BCUT2D eigenvalue weighted by Crippen LogP contribution is 2.35. The molecule has 2 nitrogen and oxygen atoms in total. The van der Waals surface area contributed by atoms with Gasteiger partial charge in [-0.3, -0.25) is 4.79 Å². The Morgan fingerprint density at radius 3 is 2.41 bits per heavy atom. The average molecular weight is 310 g/mol. The summed E-state index contributed by atoms with van der Waals surface area (Å²) in [7, 11) is 0. The number of rotatable bonds is 3. The third-order valence-corrected chi connectivity index (χ3v) is 4.58. The number of thiazole rings is 1. The van der Waals surface area contributed by atoms with Gasteiger partial charge in [0.2, 0.25) is 0 Å². The molecule has 2 rings (SSSR count). The lowest BCUT2D eigenvalue weighted by Crippen LogP contribution is -2.18. The van der Waals surface area contributed by atoms with Crippen molar-refractivity contribution in [1.29, 1.82) is 0 Å². The maximum atomic E-state index is 10.6. The molecule has 0 spiro atoms. The van der Waals surface area contributed by atoms with Gasteiger partial charge < -0.3 is 0 Å². The lowest BCUT2D eigenvalue weighted by atomic mass is 9.85. The van der Waals surface area contributed by atoms with Crippen LogP contribution in [0.1, 0.15) is 34.8 Å². The zero-order valence-electron chi connectivity index (χ0n) is 9.61. The first-order valence-corrected chi connectivity index (χ1v) is 6.82. The summed E-state index contributed by atoms with van der Waals surface area (Å²) >= 11 is 5.07. The number of benzene rings is 1. The van der Waals surface area contributed by atoms with E-state index in [0.717, 1.165) is 20.6 Å². The summed E-state index contributed by atoms with van der Waals surface area (Å²) < 4.78 is 1.03. The number of hydrogen-bond acceptors (Lipinski definition) is 3. The molecule has 0 aliphatic heterocycles. The standard InChI is InChI=1S/C13H12BrNOS/c1-13(2,12-15-7-11(14)17-12)10-5-3-9(8-16)4-6-10/h3-8H,1-2H3. The number of nitrogens with zero attached hydrogens (tertiary/aromatic N) is 1. The highest BCUT2D eigenvalue weighted by atomic mass is 79.9. The highest BCUT2D eigenvalue weighted by Gasteiger charge is 2.26. The summed E-state index contributed by atoms with van der Waals surface area (Å²) in [5.74, 6) is 0. The van der Waals surface area contributed by atoms with E-state index in [-0.39, 0.29) is 5.41 Å². The molecule has 0 atom stereocenters. The minimum Gasteiger partial charge on any atom is -0.298 e. The Morgan fingerprint density at radius 2 is 1.94 bits per heavy atom. The van der Waals surface area contributed by atoms with E-state index in [1.54, 1.807) is 11.3 Å². The van der Waals surface area contributed by atoms with Gasteiger partial charge in [0.05, 0.1) is 9.98 Å². The van der Waals surface area contributed by atoms with Crippen LogP contribution in [0, 0.1) is 0 Å². The van der Waals surface area contributed by atoms with Gasteiger partial charge >= 0.3 is 0 Å². The van der Waals surface area contributed by atoms with Crippen LogP contribution < -0.4 is 0 Å². The lowest BCUT2D eigenvalue weighted by Gasteiger charge is -2.22. The second kappa shape index (κ2) is 4.70. The van der Waals surface area contributed by atoms with Gasteiger partial charge in [0.25, 0.3) is 0 Å². The molecule has 0 radical (unpaired) electrons. The van der Waals surface area contributed by atoms with Crippen LogP contribution in [-0.2, 0) is 5.41 Å². The van der Waals surface area contributed by atoms with E-state index in [9.17, 15) is 4.79 Å². The van der Waals surface area contributed by atoms with E-state index in [0.29, 0.717) is 5.56 Å². The molecule has 1 heterocycles. The Morgan fingerprint density at radius 1 is 1.29 bits per heavy atom. The van der Waals surface area contributed by atoms with E-state index in [4.69, 9.17) is 0 Å². The number of carbonyl (C=O) groups excluding carboxylic acids is 1. The monoisotopic (exact) mass is 309 g/mol. The van der Waals surface area contributed by atoms with Crippen LogP contribution in [0.4, 0.5) is 0 Å². The number of halogens is 1. The first kappa shape index (κ1) is 12.5. The summed E-state index contributed by atoms with van der Waals surface area (Å²) in [6.45, 7) is 4.27. The largest absolute Gasteiger partial charge is 0.298 e. The van der Waals surface area contributed by atoms with Crippen LogP contribution in [0.25, 0.3) is 0 Å². The molecule has 0 amide bonds. The number of aldehydes is 1. The first-order chi connectivity index (χ1) is 8.04. The van der Waals surface area contributed by atoms with Crippen LogP contribution in [-0.4, -0.2) is 11.3 Å². The van der Waals surface area contributed by atoms with E-state index in [2.05, 4.69) is 34.8 Å². The molecular weight excluding hydrogens is 298 g/mol. The molecule has 4 heteroatoms. The van der Waals surface area contributed by atoms with E-state index < -0.39 is 0 Å². The van der Waals surface area contributed by atoms with Crippen molar-refractivity contribution >= 4 is 33.6 Å². The van der Waals surface area contributed by atoms with Crippen molar-refractivity contribution in [2.75, 3.05) is 0 Å². The molecule has 0 saturated heterocycles. The summed E-state index contributed by atoms with van der Waals surface area (Å²) in [5.41, 5.74) is 1.72. The lowest BCUT2D eigenvalue weighted by molar-refractivity contribution is 0.112. The Bertz CT molecular complexity index is 531. The van der Waals surface area contributed by atoms with Gasteiger partial charge in [0.15, 0.2) is 0 Å². The second-order valence-electron chi connectivity index (χ2n) is 4.33. The maximum absolute atomic E-state index is 10.6. The van der Waals surface area contributed by atoms with Crippen molar-refractivity contribution in [3.8, 4) is 0 Å². The van der Waals surface area contributed by atoms with Crippen molar-refractivity contribution in [2.45, 2.75) is 19.3 Å². The number of aromatic nitrogens is 1. The highest BCUT2D eigenvalue weighted by molar-refractivity contribution is 9.11. The zero-order valence-corrected chi connectivity index (χ0v) is 12.0. The predicted octanol–water partition coefficient (Wildman–Crippen LogP) is 4.04. The molecule has 2 aromatic rings. The minimum absolute atomic E-state index is 0.141. The summed E-state index contributed by atoms with van der Waals surface area (Å²) in [6, 6.07) is 7.65. The Labute approximate surface area is 113 Å². The average Bonchev–Trinajstić information content (AvgIpc) is 2.77. The summed E-state index contributed by atoms with van der Waals surface area (Å²) in [6.07, 6.45) is 2.68. The summed E-state index contributed by atoms with van der Waals surface area (Å²) in [5, 5.41) is 1.06. The third-order valence-electron chi connectivity index (χ3n) is 2.78. The molecule has 0 bridgehead atoms. The van der Waals surface area contributed by atoms with Crippen molar-refractivity contribution < 1.29 is 4.79 Å². The molecule has 0 aliphatic carbocycles. The minimum atomic E-state index is -0.141. The Hall–Kier alpha value is -1.00. The molecule has 88 valence electrons. The number of hydrogen-bond donors (Lipinski definition) is 0. The van der Waals surface area contributed by atoms with Gasteiger partial charge in [-0.1, -0.05) is 24.3 Å². The topological polar surface area (TPSA) is 30.0 Å². The molecule has 1 aromatic heterocycles. The Kier molecular flexibility index (Phi) is 3.45. The molecule has 1 aromatic carbocycles. The van der Waals surface area contributed by atoms with Crippen LogP contribution in [0.2, 0.25) is 0 Å². The van der Waals surface area contributed by atoms with Gasteiger partial charge in [0.1, 0.15) is 11.3 Å². The molecule has 0 unspecified atom stereocenters. The van der Waals surface area contributed by atoms with Crippen molar-refractivity contribution in [1.82, 2.24) is 4.98 Å². The molecule has 0 aliphatic rings. The van der Waals surface area contributed by atoms with Gasteiger partial charge in [-0.15, -0.1) is 11.3 Å². The second-order valence-corrected chi connectivity index (χ2v) is 6.74. The van der Waals surface area contributed by atoms with E-state index in [1.807, 2.05) is 30.5 Å². The van der Waals surface area contributed by atoms with E-state index >= 15 is 0 Å². The quantitative estimate of drug-likeness (QED) is 0.801. The van der Waals surface area contributed by atoms with Crippen molar-refractivity contribution in [3.63, 3.8) is 0 Å².